The number of aromatic nitrogens is 2. The summed E-state index contributed by atoms with van der Waals surface area (Å²) in [5.74, 6) is -2.35. The second-order valence-corrected chi connectivity index (χ2v) is 4.66. The van der Waals surface area contributed by atoms with Crippen molar-refractivity contribution in [1.82, 2.24) is 9.78 Å². The first kappa shape index (κ1) is 15.2. The Kier molecular flexibility index (Phi) is 4.35. The molecule has 2 aromatic rings. The van der Waals surface area contributed by atoms with E-state index in [1.54, 1.807) is 0 Å². The summed E-state index contributed by atoms with van der Waals surface area (Å²) in [7, 11) is 0. The molecule has 0 spiro atoms. The number of carboxylic acids is 1. The number of nitrogens with zero attached hydrogens (tertiary/aromatic N) is 2. The van der Waals surface area contributed by atoms with Crippen LogP contribution in [0.5, 0.6) is 0 Å². The number of aryl methyl sites for hydroxylation is 1. The van der Waals surface area contributed by atoms with Gasteiger partial charge in [-0.2, -0.15) is 5.10 Å². The average Bonchev–Trinajstić information content (AvgIpc) is 2.75. The molecule has 1 N–H and O–H groups in total. The minimum absolute atomic E-state index is 0.125. The summed E-state index contributed by atoms with van der Waals surface area (Å²) in [6.45, 7) is 3.71. The Morgan fingerprint density at radius 1 is 1.29 bits per heavy atom. The lowest BCUT2D eigenvalue weighted by atomic mass is 10.1. The molecule has 21 heavy (non-hydrogen) atoms. The first-order chi connectivity index (χ1) is 9.97. The van der Waals surface area contributed by atoms with Crippen molar-refractivity contribution in [3.63, 3.8) is 0 Å². The number of carbonyl (C=O) groups is 1. The lowest BCUT2D eigenvalue weighted by molar-refractivity contribution is -0.136. The maximum Gasteiger partial charge on any atom is 0.307 e. The molecule has 0 fully saturated rings. The largest absolute Gasteiger partial charge is 0.481 e. The van der Waals surface area contributed by atoms with E-state index in [0.717, 1.165) is 12.1 Å². The van der Waals surface area contributed by atoms with Crippen molar-refractivity contribution in [3.05, 3.63) is 46.8 Å². The third kappa shape index (κ3) is 2.94. The van der Waals surface area contributed by atoms with Gasteiger partial charge in [-0.05, 0) is 25.0 Å². The first-order valence-electron chi connectivity index (χ1n) is 6.74. The Morgan fingerprint density at radius 2 is 2.00 bits per heavy atom. The van der Waals surface area contributed by atoms with Crippen LogP contribution in [0.3, 0.4) is 0 Å². The number of hydrogen-bond acceptors (Lipinski definition) is 2. The molecule has 0 saturated heterocycles. The van der Waals surface area contributed by atoms with E-state index in [2.05, 4.69) is 5.10 Å². The van der Waals surface area contributed by atoms with Crippen molar-refractivity contribution < 1.29 is 18.7 Å². The van der Waals surface area contributed by atoms with Gasteiger partial charge < -0.3 is 5.11 Å². The number of halogens is 2. The van der Waals surface area contributed by atoms with E-state index in [0.29, 0.717) is 29.8 Å². The Morgan fingerprint density at radius 3 is 2.52 bits per heavy atom. The summed E-state index contributed by atoms with van der Waals surface area (Å²) in [5, 5.41) is 13.3. The van der Waals surface area contributed by atoms with Gasteiger partial charge in [-0.25, -0.2) is 13.5 Å². The molecule has 0 aliphatic rings. The quantitative estimate of drug-likeness (QED) is 0.922. The van der Waals surface area contributed by atoms with Gasteiger partial charge in [0.1, 0.15) is 11.5 Å². The van der Waals surface area contributed by atoms with E-state index in [-0.39, 0.29) is 12.1 Å². The molecular weight excluding hydrogens is 278 g/mol. The van der Waals surface area contributed by atoms with E-state index in [1.165, 1.54) is 10.7 Å². The summed E-state index contributed by atoms with van der Waals surface area (Å²) in [4.78, 5) is 11.0. The van der Waals surface area contributed by atoms with Crippen LogP contribution in [0.2, 0.25) is 0 Å². The van der Waals surface area contributed by atoms with Crippen LogP contribution in [0, 0.1) is 11.6 Å². The topological polar surface area (TPSA) is 55.1 Å². The van der Waals surface area contributed by atoms with Gasteiger partial charge in [-0.3, -0.25) is 4.79 Å². The molecule has 2 rings (SSSR count). The Labute approximate surface area is 121 Å². The van der Waals surface area contributed by atoms with Gasteiger partial charge in [0.25, 0.3) is 0 Å². The van der Waals surface area contributed by atoms with E-state index in [9.17, 15) is 13.6 Å². The molecule has 0 atom stereocenters. The molecule has 1 heterocycles. The monoisotopic (exact) mass is 294 g/mol. The fraction of sp³-hybridized carbons (Fsp3) is 0.333. The van der Waals surface area contributed by atoms with Crippen LogP contribution in [0.4, 0.5) is 8.78 Å². The van der Waals surface area contributed by atoms with E-state index in [4.69, 9.17) is 5.11 Å². The SMILES string of the molecule is CCc1nn(-c2ccc(F)cc2F)c(CC)c1CC(=O)O. The van der Waals surface area contributed by atoms with Crippen molar-refractivity contribution in [2.45, 2.75) is 33.1 Å². The molecule has 0 unspecified atom stereocenters. The molecule has 0 amide bonds. The second-order valence-electron chi connectivity index (χ2n) is 4.66. The van der Waals surface area contributed by atoms with Gasteiger partial charge in [-0.15, -0.1) is 0 Å². The number of aliphatic carboxylic acids is 1. The highest BCUT2D eigenvalue weighted by Crippen LogP contribution is 2.23. The molecular formula is C15H16F2N2O2. The molecule has 0 aliphatic heterocycles. The molecule has 1 aromatic carbocycles. The van der Waals surface area contributed by atoms with Gasteiger partial charge in [0.15, 0.2) is 5.82 Å². The third-order valence-electron chi connectivity index (χ3n) is 3.31. The molecule has 0 saturated carbocycles. The highest BCUT2D eigenvalue weighted by molar-refractivity contribution is 5.71. The molecule has 0 aliphatic carbocycles. The third-order valence-corrected chi connectivity index (χ3v) is 3.31. The van der Waals surface area contributed by atoms with Crippen LogP contribution in [0.25, 0.3) is 5.69 Å². The van der Waals surface area contributed by atoms with Crippen molar-refractivity contribution in [3.8, 4) is 5.69 Å². The summed E-state index contributed by atoms with van der Waals surface area (Å²) in [6.07, 6.45) is 0.896. The molecule has 0 radical (unpaired) electrons. The van der Waals surface area contributed by atoms with Crippen molar-refractivity contribution in [1.29, 1.82) is 0 Å². The van der Waals surface area contributed by atoms with Crippen molar-refractivity contribution in [2.24, 2.45) is 0 Å². The number of hydrogen-bond donors (Lipinski definition) is 1. The Balaban J connectivity index is 2.63. The molecule has 4 nitrogen and oxygen atoms in total. The Hall–Kier alpha value is -2.24. The zero-order chi connectivity index (χ0) is 15.6. The number of carboxylic acid groups (broad SMARTS) is 1. The lowest BCUT2D eigenvalue weighted by Crippen LogP contribution is -2.07. The molecule has 6 heteroatoms. The van der Waals surface area contributed by atoms with Gasteiger partial charge in [0.2, 0.25) is 0 Å². The maximum atomic E-state index is 13.9. The molecule has 0 bridgehead atoms. The Bertz CT molecular complexity index is 681. The minimum atomic E-state index is -0.960. The predicted molar refractivity (Wildman–Crippen MR) is 73.6 cm³/mol. The molecule has 1 aromatic heterocycles. The first-order valence-corrected chi connectivity index (χ1v) is 6.74. The maximum absolute atomic E-state index is 13.9. The second kappa shape index (κ2) is 6.03. The number of rotatable bonds is 5. The fourth-order valence-corrected chi connectivity index (χ4v) is 2.39. The van der Waals surface area contributed by atoms with Gasteiger partial charge in [0, 0.05) is 17.3 Å². The van der Waals surface area contributed by atoms with E-state index in [1.807, 2.05) is 13.8 Å². The zero-order valence-corrected chi connectivity index (χ0v) is 11.9. The minimum Gasteiger partial charge on any atom is -0.481 e. The van der Waals surface area contributed by atoms with E-state index >= 15 is 0 Å². The highest BCUT2D eigenvalue weighted by atomic mass is 19.1. The lowest BCUT2D eigenvalue weighted by Gasteiger charge is -2.08. The smallest absolute Gasteiger partial charge is 0.307 e. The van der Waals surface area contributed by atoms with Crippen molar-refractivity contribution in [2.75, 3.05) is 0 Å². The van der Waals surface area contributed by atoms with Gasteiger partial charge in [-0.1, -0.05) is 13.8 Å². The van der Waals surface area contributed by atoms with Gasteiger partial charge in [0.05, 0.1) is 12.1 Å². The van der Waals surface area contributed by atoms with Crippen LogP contribution < -0.4 is 0 Å². The van der Waals surface area contributed by atoms with Crippen LogP contribution >= 0.6 is 0 Å². The predicted octanol–water partition coefficient (Wildman–Crippen LogP) is 2.90. The molecule has 112 valence electrons. The summed E-state index contributed by atoms with van der Waals surface area (Å²) in [5.41, 5.74) is 1.99. The standard InChI is InChI=1S/C15H16F2N2O2/c1-3-12-10(8-15(20)21)13(4-2)19(18-12)14-6-5-9(16)7-11(14)17/h5-7H,3-4,8H2,1-2H3,(H,20,21). The van der Waals surface area contributed by atoms with Crippen LogP contribution in [0.1, 0.15) is 30.8 Å². The van der Waals surface area contributed by atoms with Crippen LogP contribution in [0.15, 0.2) is 18.2 Å². The van der Waals surface area contributed by atoms with E-state index < -0.39 is 17.6 Å². The van der Waals surface area contributed by atoms with Crippen LogP contribution in [-0.2, 0) is 24.1 Å². The van der Waals surface area contributed by atoms with Gasteiger partial charge >= 0.3 is 5.97 Å². The normalized spacial score (nSPS) is 10.9. The average molecular weight is 294 g/mol. The summed E-state index contributed by atoms with van der Waals surface area (Å²) < 4.78 is 28.3. The fourth-order valence-electron chi connectivity index (χ4n) is 2.39. The summed E-state index contributed by atoms with van der Waals surface area (Å²) >= 11 is 0. The highest BCUT2D eigenvalue weighted by Gasteiger charge is 2.20. The zero-order valence-electron chi connectivity index (χ0n) is 11.9. The summed E-state index contributed by atoms with van der Waals surface area (Å²) in [6, 6.07) is 3.25. The number of benzene rings is 1. The van der Waals surface area contributed by atoms with Crippen LogP contribution in [-0.4, -0.2) is 20.9 Å². The van der Waals surface area contributed by atoms with Crippen molar-refractivity contribution >= 4 is 5.97 Å².